The molecule has 1 N–H and O–H groups in total. The summed E-state index contributed by atoms with van der Waals surface area (Å²) in [4.78, 5) is 31.4. The quantitative estimate of drug-likeness (QED) is 0.687. The van der Waals surface area contributed by atoms with Crippen molar-refractivity contribution in [3.63, 3.8) is 0 Å². The molecule has 0 saturated carbocycles. The van der Waals surface area contributed by atoms with Gasteiger partial charge in [-0.05, 0) is 25.1 Å². The van der Waals surface area contributed by atoms with E-state index in [1.165, 1.54) is 13.0 Å². The summed E-state index contributed by atoms with van der Waals surface area (Å²) in [6.07, 6.45) is 0. The van der Waals surface area contributed by atoms with Crippen LogP contribution in [-0.2, 0) is 0 Å². The molecule has 6 heteroatoms. The lowest BCUT2D eigenvalue weighted by molar-refractivity contribution is 0.0981. The van der Waals surface area contributed by atoms with E-state index in [9.17, 15) is 9.59 Å². The molecule has 0 spiro atoms. The first-order valence-corrected chi connectivity index (χ1v) is 6.77. The minimum atomic E-state index is -0.509. The molecule has 0 aliphatic carbocycles. The number of Topliss-reactive ketones (excluding diaryl/α,β-unsaturated/α-hetero) is 1. The van der Waals surface area contributed by atoms with Crippen LogP contribution in [0.2, 0.25) is 5.02 Å². The number of halogens is 1. The average Bonchev–Trinajstić information content (AvgIpc) is 2.47. The van der Waals surface area contributed by atoms with Gasteiger partial charge in [0.15, 0.2) is 5.78 Å². The van der Waals surface area contributed by atoms with E-state index >= 15 is 0 Å². The van der Waals surface area contributed by atoms with Crippen LogP contribution in [-0.4, -0.2) is 16.7 Å². The van der Waals surface area contributed by atoms with Crippen molar-refractivity contribution in [3.8, 4) is 0 Å². The number of anilines is 1. The fraction of sp³-hybridized carbons (Fsp3) is 0.125. The highest BCUT2D eigenvalue weighted by molar-refractivity contribution is 6.34. The highest BCUT2D eigenvalue weighted by Gasteiger charge is 2.18. The Hall–Kier alpha value is -2.71. The first-order valence-electron chi connectivity index (χ1n) is 6.40. The molecular weight excluding hydrogens is 302 g/mol. The molecule has 0 bridgehead atoms. The van der Waals surface area contributed by atoms with E-state index in [1.54, 1.807) is 31.2 Å². The van der Waals surface area contributed by atoms with Gasteiger partial charge in [-0.15, -0.1) is 0 Å². The van der Waals surface area contributed by atoms with Gasteiger partial charge in [0.1, 0.15) is 5.69 Å². The van der Waals surface area contributed by atoms with Crippen LogP contribution in [0, 0.1) is 13.5 Å². The highest BCUT2D eigenvalue weighted by atomic mass is 35.5. The molecular formula is C16H12ClN3O2. The van der Waals surface area contributed by atoms with Gasteiger partial charge in [0, 0.05) is 23.3 Å². The van der Waals surface area contributed by atoms with E-state index in [2.05, 4.69) is 15.1 Å². The monoisotopic (exact) mass is 313 g/mol. The first kappa shape index (κ1) is 15.7. The Kier molecular flexibility index (Phi) is 4.54. The molecule has 1 heterocycles. The maximum atomic E-state index is 12.4. The van der Waals surface area contributed by atoms with Crippen molar-refractivity contribution in [2.24, 2.45) is 0 Å². The van der Waals surface area contributed by atoms with Crippen LogP contribution < -0.4 is 5.32 Å². The molecule has 2 aromatic rings. The predicted molar refractivity (Wildman–Crippen MR) is 84.6 cm³/mol. The molecule has 0 radical (unpaired) electrons. The molecule has 1 aromatic heterocycles. The predicted octanol–water partition coefficient (Wildman–Crippen LogP) is 4.05. The summed E-state index contributed by atoms with van der Waals surface area (Å²) in [5.41, 5.74) is 1.36. The lowest BCUT2D eigenvalue weighted by Gasteiger charge is -2.10. The van der Waals surface area contributed by atoms with Gasteiger partial charge < -0.3 is 5.32 Å². The molecule has 2 rings (SSSR count). The van der Waals surface area contributed by atoms with Crippen LogP contribution in [0.25, 0.3) is 4.85 Å². The number of carbonyl (C=O) groups is 2. The third kappa shape index (κ3) is 3.13. The first-order chi connectivity index (χ1) is 10.4. The van der Waals surface area contributed by atoms with Crippen molar-refractivity contribution in [1.29, 1.82) is 0 Å². The molecule has 1 amide bonds. The fourth-order valence-corrected chi connectivity index (χ4v) is 2.14. The second-order valence-corrected chi connectivity index (χ2v) is 5.01. The van der Waals surface area contributed by atoms with Crippen molar-refractivity contribution in [2.75, 3.05) is 5.32 Å². The Balaban J connectivity index is 2.41. The minimum Gasteiger partial charge on any atom is -0.331 e. The zero-order chi connectivity index (χ0) is 16.3. The van der Waals surface area contributed by atoms with Gasteiger partial charge in [-0.1, -0.05) is 23.7 Å². The van der Waals surface area contributed by atoms with E-state index in [0.29, 0.717) is 11.4 Å². The summed E-state index contributed by atoms with van der Waals surface area (Å²) in [5.74, 6) is -0.810. The van der Waals surface area contributed by atoms with Crippen molar-refractivity contribution >= 4 is 34.7 Å². The van der Waals surface area contributed by atoms with E-state index in [4.69, 9.17) is 18.2 Å². The van der Waals surface area contributed by atoms with Crippen LogP contribution in [0.3, 0.4) is 0 Å². The zero-order valence-electron chi connectivity index (χ0n) is 12.0. The van der Waals surface area contributed by atoms with Gasteiger partial charge >= 0.3 is 0 Å². The van der Waals surface area contributed by atoms with Gasteiger partial charge in [-0.3, -0.25) is 9.59 Å². The third-order valence-corrected chi connectivity index (χ3v) is 3.26. The zero-order valence-corrected chi connectivity index (χ0v) is 12.7. The highest BCUT2D eigenvalue weighted by Crippen LogP contribution is 2.33. The number of hydrogen-bond acceptors (Lipinski definition) is 3. The summed E-state index contributed by atoms with van der Waals surface area (Å²) in [6, 6.07) is 7.96. The summed E-state index contributed by atoms with van der Waals surface area (Å²) in [5, 5.41) is 2.86. The Morgan fingerprint density at radius 1 is 1.27 bits per heavy atom. The van der Waals surface area contributed by atoms with Crippen LogP contribution >= 0.6 is 11.6 Å². The molecule has 0 atom stereocenters. The van der Waals surface area contributed by atoms with E-state index in [0.717, 1.165) is 0 Å². The van der Waals surface area contributed by atoms with Gasteiger partial charge in [0.2, 0.25) is 5.69 Å². The van der Waals surface area contributed by atoms with Crippen molar-refractivity contribution < 1.29 is 9.59 Å². The molecule has 110 valence electrons. The normalized spacial score (nSPS) is 9.91. The van der Waals surface area contributed by atoms with Crippen molar-refractivity contribution in [2.45, 2.75) is 13.8 Å². The molecule has 1 aromatic carbocycles. The Bertz CT molecular complexity index is 810. The van der Waals surface area contributed by atoms with Crippen LogP contribution in [0.15, 0.2) is 30.3 Å². The second-order valence-electron chi connectivity index (χ2n) is 4.61. The maximum Gasteiger partial charge on any atom is 0.256 e. The van der Waals surface area contributed by atoms with Gasteiger partial charge in [0.05, 0.1) is 12.1 Å². The SMILES string of the molecule is [C-]#[N+]c1c(Cl)cccc1NC(=O)c1ccc(C)nc1C(C)=O. The number of hydrogen-bond donors (Lipinski definition) is 1. The molecule has 0 fully saturated rings. The number of aryl methyl sites for hydroxylation is 1. The number of rotatable bonds is 3. The average molecular weight is 314 g/mol. The lowest BCUT2D eigenvalue weighted by atomic mass is 10.1. The van der Waals surface area contributed by atoms with Gasteiger partial charge in [0.25, 0.3) is 5.91 Å². The number of amides is 1. The van der Waals surface area contributed by atoms with Crippen LogP contribution in [0.5, 0.6) is 0 Å². The third-order valence-electron chi connectivity index (χ3n) is 2.96. The molecule has 22 heavy (non-hydrogen) atoms. The Labute approximate surface area is 132 Å². The number of nitrogens with one attached hydrogen (secondary N) is 1. The lowest BCUT2D eigenvalue weighted by Crippen LogP contribution is -2.17. The van der Waals surface area contributed by atoms with E-state index in [1.807, 2.05) is 0 Å². The Morgan fingerprint density at radius 2 is 2.00 bits per heavy atom. The number of benzene rings is 1. The standard InChI is InChI=1S/C16H12ClN3O2/c1-9-7-8-11(14(19-9)10(2)21)16(22)20-13-6-4-5-12(17)15(13)18-3/h4-8H,1-2H3,(H,20,22). The van der Waals surface area contributed by atoms with Gasteiger partial charge in [-0.2, -0.15) is 0 Å². The number of nitrogens with zero attached hydrogens (tertiary/aromatic N) is 2. The van der Waals surface area contributed by atoms with E-state index < -0.39 is 5.91 Å². The molecule has 0 aliphatic heterocycles. The minimum absolute atomic E-state index is 0.101. The summed E-state index contributed by atoms with van der Waals surface area (Å²) < 4.78 is 0. The molecule has 0 aliphatic rings. The van der Waals surface area contributed by atoms with Crippen LogP contribution in [0.1, 0.15) is 33.5 Å². The maximum absolute atomic E-state index is 12.4. The summed E-state index contributed by atoms with van der Waals surface area (Å²) >= 11 is 5.93. The number of pyridine rings is 1. The van der Waals surface area contributed by atoms with Crippen LogP contribution in [0.4, 0.5) is 11.4 Å². The fourth-order valence-electron chi connectivity index (χ4n) is 1.93. The molecule has 5 nitrogen and oxygen atoms in total. The largest absolute Gasteiger partial charge is 0.331 e. The van der Waals surface area contributed by atoms with Gasteiger partial charge in [-0.25, -0.2) is 9.83 Å². The summed E-state index contributed by atoms with van der Waals surface area (Å²) in [7, 11) is 0. The molecule has 0 saturated heterocycles. The number of aromatic nitrogens is 1. The summed E-state index contributed by atoms with van der Waals surface area (Å²) in [6.45, 7) is 10.2. The van der Waals surface area contributed by atoms with E-state index in [-0.39, 0.29) is 27.8 Å². The van der Waals surface area contributed by atoms with Crippen molar-refractivity contribution in [3.05, 3.63) is 63.7 Å². The van der Waals surface area contributed by atoms with Crippen molar-refractivity contribution in [1.82, 2.24) is 4.98 Å². The Morgan fingerprint density at radius 3 is 2.64 bits per heavy atom. The number of carbonyl (C=O) groups excluding carboxylic acids is 2. The second kappa shape index (κ2) is 6.37. The smallest absolute Gasteiger partial charge is 0.256 e. The number of para-hydroxylation sites is 1. The number of ketones is 1. The topological polar surface area (TPSA) is 63.4 Å². The molecule has 0 unspecified atom stereocenters.